The monoisotopic (exact) mass is 346 g/mol. The summed E-state index contributed by atoms with van der Waals surface area (Å²) in [4.78, 5) is 24.5. The van der Waals surface area contributed by atoms with E-state index in [1.807, 2.05) is 26.8 Å². The Morgan fingerprint density at radius 2 is 1.79 bits per heavy atom. The molecule has 0 aliphatic heterocycles. The number of aryl methyl sites for hydroxylation is 1. The van der Waals surface area contributed by atoms with Gasteiger partial charge in [-0.05, 0) is 63.1 Å². The van der Waals surface area contributed by atoms with Gasteiger partial charge in [-0.3, -0.25) is 4.79 Å². The number of carbonyl (C=O) groups is 2. The van der Waals surface area contributed by atoms with Crippen molar-refractivity contribution in [2.24, 2.45) is 23.7 Å². The Morgan fingerprint density at radius 1 is 1.17 bits per heavy atom. The third kappa shape index (κ3) is 2.73. The van der Waals surface area contributed by atoms with E-state index >= 15 is 0 Å². The van der Waals surface area contributed by atoms with Crippen LogP contribution in [0.15, 0.2) is 29.3 Å². The third-order valence-electron chi connectivity index (χ3n) is 5.43. The van der Waals surface area contributed by atoms with E-state index in [1.54, 1.807) is 12.1 Å². The molecule has 2 bridgehead atoms. The molecule has 128 valence electrons. The van der Waals surface area contributed by atoms with E-state index in [0.29, 0.717) is 10.7 Å². The lowest BCUT2D eigenvalue weighted by atomic mass is 9.78. The van der Waals surface area contributed by atoms with Gasteiger partial charge in [0.1, 0.15) is 0 Å². The summed E-state index contributed by atoms with van der Waals surface area (Å²) in [7, 11) is 0. The number of benzene rings is 1. The molecule has 1 amide bonds. The second-order valence-electron chi connectivity index (χ2n) is 7.07. The number of halogens is 1. The van der Waals surface area contributed by atoms with Crippen molar-refractivity contribution in [3.8, 4) is 0 Å². The number of hydrogen-bond donors (Lipinski definition) is 1. The summed E-state index contributed by atoms with van der Waals surface area (Å²) in [5.74, 6) is -2.75. The molecule has 1 aromatic carbocycles. The molecule has 5 heteroatoms. The van der Waals surface area contributed by atoms with Crippen LogP contribution in [0.5, 0.6) is 0 Å². The number of carbonyl (C=O) groups excluding carboxylic acids is 2. The number of nitrogens with one attached hydrogen (secondary N) is 1. The highest BCUT2D eigenvalue weighted by molar-refractivity contribution is 6.31. The van der Waals surface area contributed by atoms with Gasteiger partial charge in [-0.25, -0.2) is 0 Å². The van der Waals surface area contributed by atoms with Crippen molar-refractivity contribution in [3.63, 3.8) is 0 Å². The molecular weight excluding hydrogens is 326 g/mol. The molecule has 0 spiro atoms. The normalized spacial score (nSPS) is 28.1. The number of anilines is 1. The van der Waals surface area contributed by atoms with Gasteiger partial charge in [0.05, 0.1) is 5.92 Å². The molecule has 1 N–H and O–H groups in total. The average molecular weight is 347 g/mol. The molecule has 4 nitrogen and oxygen atoms in total. The second kappa shape index (κ2) is 6.25. The molecule has 0 aromatic heterocycles. The fraction of sp³-hybridized carbons (Fsp3) is 0.474. The topological polar surface area (TPSA) is 69.2 Å². The smallest absolute Gasteiger partial charge is 0.228 e. The van der Waals surface area contributed by atoms with Gasteiger partial charge in [0.25, 0.3) is 0 Å². The molecule has 2 aliphatic carbocycles. The Labute approximate surface area is 146 Å². The van der Waals surface area contributed by atoms with Crippen molar-refractivity contribution in [2.45, 2.75) is 33.6 Å². The predicted octanol–water partition coefficient (Wildman–Crippen LogP) is 2.95. The molecule has 4 atom stereocenters. The van der Waals surface area contributed by atoms with E-state index in [9.17, 15) is 14.7 Å². The first-order chi connectivity index (χ1) is 11.3. The van der Waals surface area contributed by atoms with Crippen molar-refractivity contribution in [1.29, 1.82) is 0 Å². The number of hydrogen-bond acceptors (Lipinski definition) is 3. The minimum atomic E-state index is -1.12. The van der Waals surface area contributed by atoms with Gasteiger partial charge in [-0.15, -0.1) is 0 Å². The fourth-order valence-corrected chi connectivity index (χ4v) is 4.67. The maximum absolute atomic E-state index is 12.8. The Morgan fingerprint density at radius 3 is 2.33 bits per heavy atom. The first-order valence-corrected chi connectivity index (χ1v) is 8.64. The van der Waals surface area contributed by atoms with E-state index in [-0.39, 0.29) is 17.7 Å². The highest BCUT2D eigenvalue weighted by atomic mass is 35.5. The molecular formula is C19H21ClNO3-. The standard InChI is InChI=1S/C19H22ClNO3/c1-9(2)15-12-6-7-13(15)17(19(23)24)16(12)18(22)21-11-5-4-10(3)14(20)8-11/h4-5,8,12-13,16-17H,6-7H2,1-3H3,(H,21,22)(H,23,24)/p-1/t12-,13+,16+,17+/m0/s1. The first-order valence-electron chi connectivity index (χ1n) is 8.26. The zero-order valence-corrected chi connectivity index (χ0v) is 14.8. The lowest BCUT2D eigenvalue weighted by Crippen LogP contribution is -2.43. The quantitative estimate of drug-likeness (QED) is 0.855. The minimum Gasteiger partial charge on any atom is -0.550 e. The lowest BCUT2D eigenvalue weighted by molar-refractivity contribution is -0.314. The molecule has 0 radical (unpaired) electrons. The van der Waals surface area contributed by atoms with Crippen LogP contribution in [-0.4, -0.2) is 11.9 Å². The van der Waals surface area contributed by atoms with E-state index in [0.717, 1.165) is 29.6 Å². The summed E-state index contributed by atoms with van der Waals surface area (Å²) in [6.45, 7) is 5.87. The van der Waals surface area contributed by atoms with Crippen LogP contribution in [0.2, 0.25) is 5.02 Å². The molecule has 0 heterocycles. The largest absolute Gasteiger partial charge is 0.550 e. The van der Waals surface area contributed by atoms with Crippen molar-refractivity contribution in [3.05, 3.63) is 39.9 Å². The summed E-state index contributed by atoms with van der Waals surface area (Å²) >= 11 is 6.10. The highest BCUT2D eigenvalue weighted by Gasteiger charge is 2.54. The second-order valence-corrected chi connectivity index (χ2v) is 7.48. The average Bonchev–Trinajstić information content (AvgIpc) is 3.06. The van der Waals surface area contributed by atoms with E-state index in [4.69, 9.17) is 11.6 Å². The van der Waals surface area contributed by atoms with Gasteiger partial charge in [0.2, 0.25) is 5.91 Å². The number of amides is 1. The van der Waals surface area contributed by atoms with E-state index in [1.165, 1.54) is 0 Å². The van der Waals surface area contributed by atoms with Crippen LogP contribution in [0, 0.1) is 30.6 Å². The van der Waals surface area contributed by atoms with Crippen LogP contribution < -0.4 is 10.4 Å². The van der Waals surface area contributed by atoms with Gasteiger partial charge >= 0.3 is 0 Å². The van der Waals surface area contributed by atoms with E-state index < -0.39 is 17.8 Å². The number of aliphatic carboxylic acids is 1. The number of fused-ring (bicyclic) bond motifs is 2. The fourth-order valence-electron chi connectivity index (χ4n) is 4.49. The molecule has 0 unspecified atom stereocenters. The lowest BCUT2D eigenvalue weighted by Gasteiger charge is -2.30. The molecule has 2 aliphatic rings. The third-order valence-corrected chi connectivity index (χ3v) is 5.84. The van der Waals surface area contributed by atoms with Gasteiger partial charge in [0, 0.05) is 22.6 Å². The van der Waals surface area contributed by atoms with Crippen LogP contribution in [0.1, 0.15) is 32.3 Å². The van der Waals surface area contributed by atoms with Gasteiger partial charge < -0.3 is 15.2 Å². The van der Waals surface area contributed by atoms with Crippen LogP contribution in [0.3, 0.4) is 0 Å². The van der Waals surface area contributed by atoms with Crippen molar-refractivity contribution < 1.29 is 14.7 Å². The summed E-state index contributed by atoms with van der Waals surface area (Å²) in [6, 6.07) is 5.30. The first kappa shape index (κ1) is 17.0. The number of rotatable bonds is 3. The summed E-state index contributed by atoms with van der Waals surface area (Å²) in [6.07, 6.45) is 1.69. The molecule has 2 fully saturated rings. The number of allylic oxidation sites excluding steroid dienone is 2. The molecule has 3 rings (SSSR count). The zero-order valence-electron chi connectivity index (χ0n) is 14.1. The number of carboxylic acid groups (broad SMARTS) is 1. The predicted molar refractivity (Wildman–Crippen MR) is 91.4 cm³/mol. The summed E-state index contributed by atoms with van der Waals surface area (Å²) < 4.78 is 0. The minimum absolute atomic E-state index is 0.00354. The van der Waals surface area contributed by atoms with Crippen LogP contribution in [0.4, 0.5) is 5.69 Å². The molecule has 1 aromatic rings. The highest BCUT2D eigenvalue weighted by Crippen LogP contribution is 2.57. The van der Waals surface area contributed by atoms with Gasteiger partial charge in [0.15, 0.2) is 0 Å². The number of carboxylic acids is 1. The maximum Gasteiger partial charge on any atom is 0.228 e. The van der Waals surface area contributed by atoms with Crippen molar-refractivity contribution in [1.82, 2.24) is 0 Å². The molecule has 2 saturated carbocycles. The Bertz CT molecular complexity index is 736. The Hall–Kier alpha value is -1.81. The molecule has 0 saturated heterocycles. The Balaban J connectivity index is 1.89. The van der Waals surface area contributed by atoms with Crippen LogP contribution in [-0.2, 0) is 9.59 Å². The summed E-state index contributed by atoms with van der Waals surface area (Å²) in [5, 5.41) is 15.1. The van der Waals surface area contributed by atoms with Crippen LogP contribution >= 0.6 is 11.6 Å². The molecule has 24 heavy (non-hydrogen) atoms. The zero-order chi connectivity index (χ0) is 17.6. The van der Waals surface area contributed by atoms with Crippen molar-refractivity contribution >= 4 is 29.2 Å². The van der Waals surface area contributed by atoms with Crippen LogP contribution in [0.25, 0.3) is 0 Å². The van der Waals surface area contributed by atoms with E-state index in [2.05, 4.69) is 5.32 Å². The summed E-state index contributed by atoms with van der Waals surface area (Å²) in [5.41, 5.74) is 3.79. The van der Waals surface area contributed by atoms with Gasteiger partial charge in [-0.2, -0.15) is 0 Å². The SMILES string of the molecule is CC(C)=C1[C@H]2CC[C@@H]1[C@@H](C(=O)Nc1ccc(C)c(Cl)c1)[C@@H]2C(=O)[O-]. The van der Waals surface area contributed by atoms with Crippen molar-refractivity contribution in [2.75, 3.05) is 5.32 Å². The van der Waals surface area contributed by atoms with Gasteiger partial charge in [-0.1, -0.05) is 28.8 Å². The maximum atomic E-state index is 12.8. The Kier molecular flexibility index (Phi) is 4.43.